The number of carbonyl (C=O) groups excluding carboxylic acids is 3. The van der Waals surface area contributed by atoms with Crippen LogP contribution in [-0.2, 0) is 14.4 Å². The third-order valence-electron chi connectivity index (χ3n) is 3.65. The molecule has 1 heterocycles. The van der Waals surface area contributed by atoms with E-state index >= 15 is 0 Å². The molecule has 8 nitrogen and oxygen atoms in total. The molecule has 1 saturated heterocycles. The van der Waals surface area contributed by atoms with Crippen molar-refractivity contribution in [3.63, 3.8) is 0 Å². The second-order valence-corrected chi connectivity index (χ2v) is 5.86. The Balaban J connectivity index is 2.12. The van der Waals surface area contributed by atoms with Gasteiger partial charge in [-0.25, -0.2) is 4.79 Å². The molecule has 1 aliphatic rings. The van der Waals surface area contributed by atoms with E-state index in [0.717, 1.165) is 0 Å². The maximum atomic E-state index is 12.1. The molecule has 8 heteroatoms. The molecule has 0 spiro atoms. The summed E-state index contributed by atoms with van der Waals surface area (Å²) in [5.41, 5.74) is 0.542. The third-order valence-corrected chi connectivity index (χ3v) is 3.65. The Kier molecular flexibility index (Phi) is 4.79. The van der Waals surface area contributed by atoms with Gasteiger partial charge in [-0.05, 0) is 43.8 Å². The summed E-state index contributed by atoms with van der Waals surface area (Å²) in [5.74, 6) is -1.94. The number of hydrogen-bond donors (Lipinski definition) is 3. The average Bonchev–Trinajstić information content (AvgIpc) is 2.87. The van der Waals surface area contributed by atoms with Gasteiger partial charge in [-0.1, -0.05) is 0 Å². The lowest BCUT2D eigenvalue weighted by Gasteiger charge is -2.21. The molecule has 1 aromatic rings. The number of Topliss-reactive ketones (excluding diaryl/α,β-unsaturated/α-hetero) is 1. The molecule has 1 aliphatic heterocycles. The minimum Gasteiger partial charge on any atom is -0.383 e. The zero-order chi connectivity index (χ0) is 17.2. The van der Waals surface area contributed by atoms with E-state index in [4.69, 9.17) is 5.21 Å². The fourth-order valence-electron chi connectivity index (χ4n) is 2.51. The summed E-state index contributed by atoms with van der Waals surface area (Å²) in [5, 5.41) is 18.1. The van der Waals surface area contributed by atoms with E-state index in [9.17, 15) is 19.5 Å². The maximum absolute atomic E-state index is 12.1. The van der Waals surface area contributed by atoms with Gasteiger partial charge in [0.05, 0.1) is 5.56 Å². The SMILES string of the molecule is CC(C)(O)C(=O)C1CC(=O)N(c2ccc(C(=O)ONO)cc2)C1. The van der Waals surface area contributed by atoms with E-state index in [-0.39, 0.29) is 30.2 Å². The van der Waals surface area contributed by atoms with Gasteiger partial charge >= 0.3 is 5.97 Å². The predicted molar refractivity (Wildman–Crippen MR) is 78.5 cm³/mol. The fraction of sp³-hybridized carbons (Fsp3) is 0.400. The van der Waals surface area contributed by atoms with Gasteiger partial charge in [0.1, 0.15) is 5.60 Å². The van der Waals surface area contributed by atoms with Crippen molar-refractivity contribution in [1.82, 2.24) is 5.64 Å². The number of hydrogen-bond acceptors (Lipinski definition) is 7. The second kappa shape index (κ2) is 6.45. The molecule has 1 amide bonds. The Morgan fingerprint density at radius 1 is 1.30 bits per heavy atom. The summed E-state index contributed by atoms with van der Waals surface area (Å²) in [6.07, 6.45) is 0.0427. The van der Waals surface area contributed by atoms with Crippen molar-refractivity contribution in [2.45, 2.75) is 25.9 Å². The summed E-state index contributed by atoms with van der Waals surface area (Å²) >= 11 is 0. The largest absolute Gasteiger partial charge is 0.383 e. The van der Waals surface area contributed by atoms with E-state index in [0.29, 0.717) is 5.69 Å². The van der Waals surface area contributed by atoms with Crippen LogP contribution < -0.4 is 10.5 Å². The van der Waals surface area contributed by atoms with Crippen molar-refractivity contribution in [1.29, 1.82) is 0 Å². The molecular formula is C15H18N2O6. The monoisotopic (exact) mass is 322 g/mol. The lowest BCUT2D eigenvalue weighted by atomic mass is 9.91. The van der Waals surface area contributed by atoms with Crippen LogP contribution in [0.1, 0.15) is 30.6 Å². The van der Waals surface area contributed by atoms with Crippen molar-refractivity contribution in [3.05, 3.63) is 29.8 Å². The molecule has 1 aromatic carbocycles. The van der Waals surface area contributed by atoms with Crippen molar-refractivity contribution >= 4 is 23.3 Å². The molecule has 0 aromatic heterocycles. The first kappa shape index (κ1) is 17.1. The first-order valence-corrected chi connectivity index (χ1v) is 7.01. The summed E-state index contributed by atoms with van der Waals surface area (Å²) < 4.78 is 0. The van der Waals surface area contributed by atoms with Gasteiger partial charge in [-0.15, -0.1) is 0 Å². The smallest absolute Gasteiger partial charge is 0.359 e. The van der Waals surface area contributed by atoms with Gasteiger partial charge in [-0.2, -0.15) is 0 Å². The van der Waals surface area contributed by atoms with Crippen LogP contribution in [0.3, 0.4) is 0 Å². The Hall–Kier alpha value is -2.29. The number of amides is 1. The van der Waals surface area contributed by atoms with Crippen molar-refractivity contribution in [2.75, 3.05) is 11.4 Å². The molecule has 1 unspecified atom stereocenters. The van der Waals surface area contributed by atoms with Gasteiger partial charge in [0, 0.05) is 24.6 Å². The Morgan fingerprint density at radius 3 is 2.43 bits per heavy atom. The summed E-state index contributed by atoms with van der Waals surface area (Å²) in [6.45, 7) is 2.99. The molecule has 0 aliphatic carbocycles. The van der Waals surface area contributed by atoms with Crippen LogP contribution in [0.4, 0.5) is 5.69 Å². The minimum atomic E-state index is -1.48. The second-order valence-electron chi connectivity index (χ2n) is 5.86. The highest BCUT2D eigenvalue weighted by atomic mass is 16.9. The van der Waals surface area contributed by atoms with Crippen LogP contribution in [0, 0.1) is 5.92 Å². The fourth-order valence-corrected chi connectivity index (χ4v) is 2.51. The topological polar surface area (TPSA) is 116 Å². The van der Waals surface area contributed by atoms with Gasteiger partial charge in [0.2, 0.25) is 5.91 Å². The summed E-state index contributed by atoms with van der Waals surface area (Å²) in [4.78, 5) is 41.2. The molecule has 0 saturated carbocycles. The molecule has 3 N–H and O–H groups in total. The van der Waals surface area contributed by atoms with E-state index in [2.05, 4.69) is 4.84 Å². The van der Waals surface area contributed by atoms with Crippen LogP contribution in [0.2, 0.25) is 0 Å². The number of rotatable bonds is 5. The Morgan fingerprint density at radius 2 is 1.91 bits per heavy atom. The molecule has 0 bridgehead atoms. The Labute approximate surface area is 132 Å². The van der Waals surface area contributed by atoms with E-state index in [1.807, 2.05) is 0 Å². The average molecular weight is 322 g/mol. The normalized spacial score (nSPS) is 18.2. The highest BCUT2D eigenvalue weighted by molar-refractivity contribution is 6.02. The lowest BCUT2D eigenvalue weighted by Crippen LogP contribution is -2.38. The number of anilines is 1. The molecular weight excluding hydrogens is 304 g/mol. The minimum absolute atomic E-state index is 0.0427. The zero-order valence-electron chi connectivity index (χ0n) is 12.8. The van der Waals surface area contributed by atoms with E-state index < -0.39 is 17.5 Å². The van der Waals surface area contributed by atoms with Crippen molar-refractivity contribution in [3.8, 4) is 0 Å². The molecule has 23 heavy (non-hydrogen) atoms. The number of nitrogens with one attached hydrogen (secondary N) is 1. The quantitative estimate of drug-likeness (QED) is 0.673. The molecule has 0 radical (unpaired) electrons. The number of benzene rings is 1. The first-order valence-electron chi connectivity index (χ1n) is 7.01. The molecule has 1 fully saturated rings. The lowest BCUT2D eigenvalue weighted by molar-refractivity contribution is -0.138. The Bertz CT molecular complexity index is 620. The van der Waals surface area contributed by atoms with Crippen molar-refractivity contribution in [2.24, 2.45) is 5.92 Å². The first-order chi connectivity index (χ1) is 10.7. The third kappa shape index (κ3) is 3.73. The van der Waals surface area contributed by atoms with Crippen LogP contribution in [0.25, 0.3) is 0 Å². The van der Waals surface area contributed by atoms with Crippen LogP contribution in [-0.4, -0.2) is 40.1 Å². The summed E-state index contributed by atoms with van der Waals surface area (Å²) in [6, 6.07) is 5.96. The van der Waals surface area contributed by atoms with Crippen LogP contribution >= 0.6 is 0 Å². The van der Waals surface area contributed by atoms with E-state index in [1.165, 1.54) is 36.5 Å². The van der Waals surface area contributed by atoms with Crippen LogP contribution in [0.15, 0.2) is 24.3 Å². The van der Waals surface area contributed by atoms with Crippen LogP contribution in [0.5, 0.6) is 0 Å². The van der Waals surface area contributed by atoms with Gasteiger partial charge < -0.3 is 14.8 Å². The number of nitrogens with zero attached hydrogens (tertiary/aromatic N) is 1. The molecule has 124 valence electrons. The van der Waals surface area contributed by atoms with Gasteiger partial charge in [-0.3, -0.25) is 14.8 Å². The van der Waals surface area contributed by atoms with Gasteiger partial charge in [0.25, 0.3) is 0 Å². The standard InChI is InChI=1S/C15H18N2O6/c1-15(2,21)13(19)10-7-12(18)17(8-10)11-5-3-9(4-6-11)14(20)23-16-22/h3-6,10,16,21-22H,7-8H2,1-2H3. The summed E-state index contributed by atoms with van der Waals surface area (Å²) in [7, 11) is 0. The number of carbonyl (C=O) groups is 3. The molecule has 1 atom stereocenters. The maximum Gasteiger partial charge on any atom is 0.359 e. The van der Waals surface area contributed by atoms with Gasteiger partial charge in [0.15, 0.2) is 5.78 Å². The van der Waals surface area contributed by atoms with E-state index in [1.54, 1.807) is 12.1 Å². The zero-order valence-corrected chi connectivity index (χ0v) is 12.8. The highest BCUT2D eigenvalue weighted by Crippen LogP contribution is 2.28. The molecule has 2 rings (SSSR count). The van der Waals surface area contributed by atoms with Crippen molar-refractivity contribution < 1.29 is 29.5 Å². The number of ketones is 1. The predicted octanol–water partition coefficient (Wildman–Crippen LogP) is 0.430. The highest BCUT2D eigenvalue weighted by Gasteiger charge is 2.40. The number of aliphatic hydroxyl groups is 1.